The minimum atomic E-state index is 0.137. The van der Waals surface area contributed by atoms with Crippen LogP contribution in [-0.2, 0) is 0 Å². The van der Waals surface area contributed by atoms with E-state index in [0.717, 1.165) is 29.8 Å². The van der Waals surface area contributed by atoms with Gasteiger partial charge in [0, 0.05) is 22.7 Å². The Kier molecular flexibility index (Phi) is 4.25. The topological polar surface area (TPSA) is 46.3 Å². The molecular weight excluding hydrogens is 328 g/mol. The number of hydrogen-bond donors (Lipinski definition) is 1. The van der Waals surface area contributed by atoms with Crippen molar-refractivity contribution in [3.63, 3.8) is 0 Å². The molecule has 3 unspecified atom stereocenters. The van der Waals surface area contributed by atoms with Gasteiger partial charge in [-0.2, -0.15) is 0 Å². The van der Waals surface area contributed by atoms with Crippen molar-refractivity contribution in [2.24, 2.45) is 11.8 Å². The number of likely N-dealkylation sites (tertiary alicyclic amines) is 1. The molecule has 2 N–H and O–H groups in total. The first-order valence-corrected chi connectivity index (χ1v) is 8.73. The molecule has 1 amide bonds. The molecule has 1 saturated heterocycles. The highest BCUT2D eigenvalue weighted by molar-refractivity contribution is 9.10. The SMILES string of the molecule is CC1CCN(C(=O)c2cc(N)ccc2Br)C2CCCCC12. The molecule has 3 atom stereocenters. The van der Waals surface area contributed by atoms with Gasteiger partial charge in [0.25, 0.3) is 5.91 Å². The second-order valence-electron chi connectivity index (χ2n) is 6.52. The predicted octanol–water partition coefficient (Wildman–Crippen LogP) is 4.07. The van der Waals surface area contributed by atoms with Gasteiger partial charge in [0.1, 0.15) is 0 Å². The number of nitrogens with two attached hydrogens (primary N) is 1. The summed E-state index contributed by atoms with van der Waals surface area (Å²) < 4.78 is 0.840. The van der Waals surface area contributed by atoms with Gasteiger partial charge in [0.15, 0.2) is 0 Å². The predicted molar refractivity (Wildman–Crippen MR) is 89.1 cm³/mol. The monoisotopic (exact) mass is 350 g/mol. The van der Waals surface area contributed by atoms with Crippen LogP contribution in [0.25, 0.3) is 0 Å². The minimum absolute atomic E-state index is 0.137. The molecule has 1 aromatic rings. The van der Waals surface area contributed by atoms with E-state index in [-0.39, 0.29) is 5.91 Å². The molecule has 0 bridgehead atoms. The van der Waals surface area contributed by atoms with E-state index in [2.05, 4.69) is 27.8 Å². The number of rotatable bonds is 1. The molecule has 4 heteroatoms. The van der Waals surface area contributed by atoms with Crippen molar-refractivity contribution in [3.8, 4) is 0 Å². The third-order valence-electron chi connectivity index (χ3n) is 5.22. The standard InChI is InChI=1S/C17H23BrN2O/c1-11-8-9-20(16-5-3-2-4-13(11)16)17(21)14-10-12(19)6-7-15(14)18/h6-7,10-11,13,16H,2-5,8-9,19H2,1H3. The zero-order valence-corrected chi connectivity index (χ0v) is 14.1. The normalized spacial score (nSPS) is 29.0. The van der Waals surface area contributed by atoms with Crippen molar-refractivity contribution in [2.45, 2.75) is 45.1 Å². The highest BCUT2D eigenvalue weighted by Crippen LogP contribution is 2.39. The fourth-order valence-electron chi connectivity index (χ4n) is 4.03. The number of carbonyl (C=O) groups is 1. The summed E-state index contributed by atoms with van der Waals surface area (Å²) in [6.45, 7) is 3.23. The summed E-state index contributed by atoms with van der Waals surface area (Å²) in [5.41, 5.74) is 7.21. The Morgan fingerprint density at radius 2 is 2.05 bits per heavy atom. The van der Waals surface area contributed by atoms with E-state index in [1.54, 1.807) is 6.07 Å². The highest BCUT2D eigenvalue weighted by atomic mass is 79.9. The number of carbonyl (C=O) groups excluding carboxylic acids is 1. The van der Waals surface area contributed by atoms with Crippen molar-refractivity contribution in [1.82, 2.24) is 4.90 Å². The number of anilines is 1. The van der Waals surface area contributed by atoms with Crippen molar-refractivity contribution in [2.75, 3.05) is 12.3 Å². The number of fused-ring (bicyclic) bond motifs is 1. The summed E-state index contributed by atoms with van der Waals surface area (Å²) in [7, 11) is 0. The summed E-state index contributed by atoms with van der Waals surface area (Å²) in [6.07, 6.45) is 6.10. The Hall–Kier alpha value is -1.03. The molecule has 2 fully saturated rings. The van der Waals surface area contributed by atoms with Gasteiger partial charge in [0.2, 0.25) is 0 Å². The van der Waals surface area contributed by atoms with Crippen LogP contribution in [0.15, 0.2) is 22.7 Å². The van der Waals surface area contributed by atoms with Gasteiger partial charge in [-0.25, -0.2) is 0 Å². The summed E-state index contributed by atoms with van der Waals surface area (Å²) >= 11 is 3.49. The van der Waals surface area contributed by atoms with Crippen LogP contribution < -0.4 is 5.73 Å². The molecule has 1 aromatic carbocycles. The molecule has 21 heavy (non-hydrogen) atoms. The van der Waals surface area contributed by atoms with Crippen LogP contribution >= 0.6 is 15.9 Å². The van der Waals surface area contributed by atoms with Crippen LogP contribution in [-0.4, -0.2) is 23.4 Å². The highest BCUT2D eigenvalue weighted by Gasteiger charge is 2.39. The van der Waals surface area contributed by atoms with Crippen LogP contribution in [0.5, 0.6) is 0 Å². The van der Waals surface area contributed by atoms with Gasteiger partial charge in [-0.15, -0.1) is 0 Å². The van der Waals surface area contributed by atoms with Gasteiger partial charge >= 0.3 is 0 Å². The van der Waals surface area contributed by atoms with Crippen LogP contribution in [0.3, 0.4) is 0 Å². The summed E-state index contributed by atoms with van der Waals surface area (Å²) in [4.78, 5) is 15.1. The molecule has 0 aromatic heterocycles. The van der Waals surface area contributed by atoms with Gasteiger partial charge < -0.3 is 10.6 Å². The average molecular weight is 351 g/mol. The van der Waals surface area contributed by atoms with Crippen molar-refractivity contribution < 1.29 is 4.79 Å². The zero-order valence-electron chi connectivity index (χ0n) is 12.5. The number of hydrogen-bond acceptors (Lipinski definition) is 2. The molecule has 0 radical (unpaired) electrons. The fourth-order valence-corrected chi connectivity index (χ4v) is 4.44. The van der Waals surface area contributed by atoms with Crippen molar-refractivity contribution >= 4 is 27.5 Å². The van der Waals surface area contributed by atoms with E-state index < -0.39 is 0 Å². The minimum Gasteiger partial charge on any atom is -0.399 e. The smallest absolute Gasteiger partial charge is 0.255 e. The molecule has 114 valence electrons. The van der Waals surface area contributed by atoms with E-state index in [0.29, 0.717) is 23.2 Å². The van der Waals surface area contributed by atoms with Gasteiger partial charge in [-0.3, -0.25) is 4.79 Å². The number of nitrogen functional groups attached to an aromatic ring is 1. The molecule has 2 aliphatic rings. The summed E-state index contributed by atoms with van der Waals surface area (Å²) in [6, 6.07) is 5.90. The number of halogens is 1. The fraction of sp³-hybridized carbons (Fsp3) is 0.588. The van der Waals surface area contributed by atoms with Gasteiger partial charge in [-0.05, 0) is 65.2 Å². The maximum atomic E-state index is 13.0. The molecular formula is C17H23BrN2O. The first-order valence-electron chi connectivity index (χ1n) is 7.94. The number of nitrogens with zero attached hydrogens (tertiary/aromatic N) is 1. The molecule has 1 saturated carbocycles. The lowest BCUT2D eigenvalue weighted by molar-refractivity contribution is 0.0217. The van der Waals surface area contributed by atoms with Crippen LogP contribution in [0.4, 0.5) is 5.69 Å². The average Bonchev–Trinajstić information content (AvgIpc) is 2.50. The second kappa shape index (κ2) is 5.99. The Balaban J connectivity index is 1.88. The van der Waals surface area contributed by atoms with Gasteiger partial charge in [-0.1, -0.05) is 19.8 Å². The Labute approximate surface area is 135 Å². The van der Waals surface area contributed by atoms with E-state index in [9.17, 15) is 4.79 Å². The third kappa shape index (κ3) is 2.83. The van der Waals surface area contributed by atoms with E-state index in [4.69, 9.17) is 5.73 Å². The number of amides is 1. The number of piperidine rings is 1. The third-order valence-corrected chi connectivity index (χ3v) is 5.91. The second-order valence-corrected chi connectivity index (χ2v) is 7.37. The first kappa shape index (κ1) is 14.9. The Bertz CT molecular complexity index is 546. The lowest BCUT2D eigenvalue weighted by Crippen LogP contribution is -2.52. The first-order chi connectivity index (χ1) is 10.1. The van der Waals surface area contributed by atoms with Crippen LogP contribution in [0, 0.1) is 11.8 Å². The zero-order chi connectivity index (χ0) is 15.0. The molecule has 3 nitrogen and oxygen atoms in total. The maximum Gasteiger partial charge on any atom is 0.255 e. The maximum absolute atomic E-state index is 13.0. The molecule has 0 spiro atoms. The Morgan fingerprint density at radius 3 is 2.86 bits per heavy atom. The van der Waals surface area contributed by atoms with E-state index in [1.807, 2.05) is 12.1 Å². The largest absolute Gasteiger partial charge is 0.399 e. The molecule has 3 rings (SSSR count). The summed E-state index contributed by atoms with van der Waals surface area (Å²) in [5, 5.41) is 0. The number of benzene rings is 1. The quantitative estimate of drug-likeness (QED) is 0.775. The van der Waals surface area contributed by atoms with Crippen LogP contribution in [0.2, 0.25) is 0 Å². The molecule has 1 aliphatic heterocycles. The lowest BCUT2D eigenvalue weighted by Gasteiger charge is -2.47. The van der Waals surface area contributed by atoms with Crippen LogP contribution in [0.1, 0.15) is 49.4 Å². The van der Waals surface area contributed by atoms with E-state index >= 15 is 0 Å². The van der Waals surface area contributed by atoms with Crippen molar-refractivity contribution in [1.29, 1.82) is 0 Å². The molecule has 1 heterocycles. The summed E-state index contributed by atoms with van der Waals surface area (Å²) in [5.74, 6) is 1.55. The Morgan fingerprint density at radius 1 is 1.29 bits per heavy atom. The van der Waals surface area contributed by atoms with Gasteiger partial charge in [0.05, 0.1) is 5.56 Å². The van der Waals surface area contributed by atoms with Crippen molar-refractivity contribution in [3.05, 3.63) is 28.2 Å². The van der Waals surface area contributed by atoms with E-state index in [1.165, 1.54) is 19.3 Å². The lowest BCUT2D eigenvalue weighted by atomic mass is 9.72. The molecule has 1 aliphatic carbocycles.